The first-order valence-corrected chi connectivity index (χ1v) is 6.93. The van der Waals surface area contributed by atoms with Gasteiger partial charge >= 0.3 is 0 Å². The van der Waals surface area contributed by atoms with Crippen LogP contribution in [0.3, 0.4) is 0 Å². The Hall–Kier alpha value is -1.86. The van der Waals surface area contributed by atoms with Crippen molar-refractivity contribution in [2.45, 2.75) is 18.9 Å². The summed E-state index contributed by atoms with van der Waals surface area (Å²) in [5.41, 5.74) is 4.25. The minimum Gasteiger partial charge on any atom is -0.310 e. The van der Waals surface area contributed by atoms with E-state index >= 15 is 0 Å². The van der Waals surface area contributed by atoms with Crippen molar-refractivity contribution in [1.82, 2.24) is 5.32 Å². The van der Waals surface area contributed by atoms with Crippen molar-refractivity contribution < 1.29 is 0 Å². The summed E-state index contributed by atoms with van der Waals surface area (Å²) in [5, 5.41) is 3.59. The Morgan fingerprint density at radius 1 is 0.895 bits per heavy atom. The molecule has 1 aliphatic rings. The van der Waals surface area contributed by atoms with Crippen LogP contribution < -0.4 is 5.32 Å². The summed E-state index contributed by atoms with van der Waals surface area (Å²) in [7, 11) is 0. The van der Waals surface area contributed by atoms with E-state index in [4.69, 9.17) is 0 Å². The lowest BCUT2D eigenvalue weighted by Gasteiger charge is -2.24. The van der Waals surface area contributed by atoms with Crippen LogP contribution in [0.15, 0.2) is 66.7 Å². The molecule has 1 unspecified atom stereocenters. The average molecular weight is 249 g/mol. The Balaban J connectivity index is 1.70. The summed E-state index contributed by atoms with van der Waals surface area (Å²) in [5.74, 6) is 0. The third kappa shape index (κ3) is 3.12. The zero-order valence-corrected chi connectivity index (χ0v) is 11.0. The van der Waals surface area contributed by atoms with Gasteiger partial charge in [-0.05, 0) is 29.5 Å². The topological polar surface area (TPSA) is 12.0 Å². The highest BCUT2D eigenvalue weighted by Gasteiger charge is 2.16. The fourth-order valence-electron chi connectivity index (χ4n) is 2.70. The number of nitrogens with one attached hydrogen (secondary N) is 1. The molecule has 3 rings (SSSR count). The van der Waals surface area contributed by atoms with E-state index in [1.807, 2.05) is 0 Å². The van der Waals surface area contributed by atoms with E-state index in [2.05, 4.69) is 72.1 Å². The fourth-order valence-corrected chi connectivity index (χ4v) is 2.70. The van der Waals surface area contributed by atoms with Gasteiger partial charge in [0.25, 0.3) is 0 Å². The van der Waals surface area contributed by atoms with Crippen molar-refractivity contribution >= 4 is 5.57 Å². The SMILES string of the molecule is C1=C(c2ccccc2)CC(Cc2ccccc2)NC1. The minimum atomic E-state index is 0.544. The Bertz CT molecular complexity index is 542. The molecule has 0 saturated carbocycles. The lowest BCUT2D eigenvalue weighted by molar-refractivity contribution is 0.533. The predicted octanol–water partition coefficient (Wildman–Crippen LogP) is 3.67. The smallest absolute Gasteiger partial charge is 0.0151 e. The number of rotatable bonds is 3. The molecule has 0 aliphatic carbocycles. The molecular formula is C18H19N. The molecule has 1 nitrogen and oxygen atoms in total. The molecular weight excluding hydrogens is 230 g/mol. The first-order valence-electron chi connectivity index (χ1n) is 6.93. The van der Waals surface area contributed by atoms with Gasteiger partial charge in [-0.15, -0.1) is 0 Å². The van der Waals surface area contributed by atoms with Gasteiger partial charge in [-0.2, -0.15) is 0 Å². The minimum absolute atomic E-state index is 0.544. The van der Waals surface area contributed by atoms with Crippen LogP contribution in [-0.4, -0.2) is 12.6 Å². The number of hydrogen-bond acceptors (Lipinski definition) is 1. The summed E-state index contributed by atoms with van der Waals surface area (Å²) in [4.78, 5) is 0. The van der Waals surface area contributed by atoms with Gasteiger partial charge in [-0.25, -0.2) is 0 Å². The Kier molecular flexibility index (Phi) is 3.75. The molecule has 1 heterocycles. The van der Waals surface area contributed by atoms with Crippen LogP contribution in [0.4, 0.5) is 0 Å². The van der Waals surface area contributed by atoms with Crippen molar-refractivity contribution in [2.75, 3.05) is 6.54 Å². The van der Waals surface area contributed by atoms with Gasteiger partial charge in [0.2, 0.25) is 0 Å². The molecule has 1 atom stereocenters. The van der Waals surface area contributed by atoms with Crippen LogP contribution in [-0.2, 0) is 6.42 Å². The van der Waals surface area contributed by atoms with Gasteiger partial charge in [0.15, 0.2) is 0 Å². The van der Waals surface area contributed by atoms with E-state index in [0.29, 0.717) is 6.04 Å². The molecule has 0 aromatic heterocycles. The summed E-state index contributed by atoms with van der Waals surface area (Å²) >= 11 is 0. The monoisotopic (exact) mass is 249 g/mol. The van der Waals surface area contributed by atoms with Crippen LogP contribution in [0, 0.1) is 0 Å². The maximum atomic E-state index is 3.59. The average Bonchev–Trinajstić information content (AvgIpc) is 2.49. The summed E-state index contributed by atoms with van der Waals surface area (Å²) in [6.07, 6.45) is 4.53. The quantitative estimate of drug-likeness (QED) is 0.875. The maximum Gasteiger partial charge on any atom is 0.0151 e. The van der Waals surface area contributed by atoms with Crippen LogP contribution in [0.1, 0.15) is 17.5 Å². The second-order valence-electron chi connectivity index (χ2n) is 5.09. The van der Waals surface area contributed by atoms with Crippen LogP contribution in [0.2, 0.25) is 0 Å². The molecule has 2 aromatic carbocycles. The summed E-state index contributed by atoms with van der Waals surface area (Å²) in [6.45, 7) is 0.974. The maximum absolute atomic E-state index is 3.59. The van der Waals surface area contributed by atoms with Crippen LogP contribution >= 0.6 is 0 Å². The molecule has 2 aromatic rings. The van der Waals surface area contributed by atoms with Gasteiger partial charge in [0.05, 0.1) is 0 Å². The fraction of sp³-hybridized carbons (Fsp3) is 0.222. The Morgan fingerprint density at radius 2 is 1.58 bits per heavy atom. The van der Waals surface area contributed by atoms with E-state index in [9.17, 15) is 0 Å². The van der Waals surface area contributed by atoms with Crippen LogP contribution in [0.25, 0.3) is 5.57 Å². The molecule has 1 N–H and O–H groups in total. The van der Waals surface area contributed by atoms with Crippen molar-refractivity contribution in [3.63, 3.8) is 0 Å². The zero-order chi connectivity index (χ0) is 12.9. The Morgan fingerprint density at radius 3 is 2.32 bits per heavy atom. The van der Waals surface area contributed by atoms with Gasteiger partial charge in [0.1, 0.15) is 0 Å². The standard InChI is InChI=1S/C18H19N/c1-3-7-15(8-4-1)13-18-14-17(11-12-19-18)16-9-5-2-6-10-16/h1-11,18-19H,12-14H2. The van der Waals surface area contributed by atoms with E-state index in [1.54, 1.807) is 0 Å². The van der Waals surface area contributed by atoms with E-state index in [0.717, 1.165) is 19.4 Å². The molecule has 0 spiro atoms. The van der Waals surface area contributed by atoms with Gasteiger partial charge < -0.3 is 5.32 Å². The van der Waals surface area contributed by atoms with Crippen LogP contribution in [0.5, 0.6) is 0 Å². The predicted molar refractivity (Wildman–Crippen MR) is 81.0 cm³/mol. The largest absolute Gasteiger partial charge is 0.310 e. The summed E-state index contributed by atoms with van der Waals surface area (Å²) in [6, 6.07) is 22.0. The molecule has 0 saturated heterocycles. The first-order chi connectivity index (χ1) is 9.42. The van der Waals surface area contributed by atoms with Gasteiger partial charge in [-0.1, -0.05) is 66.7 Å². The first kappa shape index (κ1) is 12.2. The summed E-state index contributed by atoms with van der Waals surface area (Å²) < 4.78 is 0. The highest BCUT2D eigenvalue weighted by atomic mass is 14.9. The molecule has 0 bridgehead atoms. The van der Waals surface area contributed by atoms with E-state index in [1.165, 1.54) is 16.7 Å². The lowest BCUT2D eigenvalue weighted by atomic mass is 9.92. The molecule has 0 fully saturated rings. The third-order valence-corrected chi connectivity index (χ3v) is 3.69. The Labute approximate surface area is 115 Å². The van der Waals surface area contributed by atoms with Crippen molar-refractivity contribution in [3.05, 3.63) is 77.9 Å². The highest BCUT2D eigenvalue weighted by molar-refractivity contribution is 5.66. The highest BCUT2D eigenvalue weighted by Crippen LogP contribution is 2.23. The van der Waals surface area contributed by atoms with Crippen molar-refractivity contribution in [3.8, 4) is 0 Å². The molecule has 1 heteroatoms. The normalized spacial score (nSPS) is 18.9. The third-order valence-electron chi connectivity index (χ3n) is 3.69. The van der Waals surface area contributed by atoms with Crippen molar-refractivity contribution in [1.29, 1.82) is 0 Å². The molecule has 96 valence electrons. The second-order valence-corrected chi connectivity index (χ2v) is 5.09. The zero-order valence-electron chi connectivity index (χ0n) is 11.0. The molecule has 0 amide bonds. The molecule has 0 radical (unpaired) electrons. The molecule has 19 heavy (non-hydrogen) atoms. The molecule has 1 aliphatic heterocycles. The van der Waals surface area contributed by atoms with Gasteiger partial charge in [0, 0.05) is 12.6 Å². The number of benzene rings is 2. The van der Waals surface area contributed by atoms with E-state index < -0.39 is 0 Å². The second kappa shape index (κ2) is 5.85. The van der Waals surface area contributed by atoms with Gasteiger partial charge in [-0.3, -0.25) is 0 Å². The van der Waals surface area contributed by atoms with E-state index in [-0.39, 0.29) is 0 Å². The lowest BCUT2D eigenvalue weighted by Crippen LogP contribution is -2.34. The number of hydrogen-bond donors (Lipinski definition) is 1. The van der Waals surface area contributed by atoms with Crippen molar-refractivity contribution in [2.24, 2.45) is 0 Å².